The smallest absolute Gasteiger partial charge is 0.344 e. The summed E-state index contributed by atoms with van der Waals surface area (Å²) in [7, 11) is 0. The first kappa shape index (κ1) is 28.8. The van der Waals surface area contributed by atoms with Crippen LogP contribution in [0.5, 0.6) is 5.75 Å². The van der Waals surface area contributed by atoms with Gasteiger partial charge in [-0.05, 0) is 90.7 Å². The lowest BCUT2D eigenvalue weighted by Gasteiger charge is -2.43. The Kier molecular flexibility index (Phi) is 9.39. The molecule has 0 radical (unpaired) electrons. The molecule has 202 valence electrons. The Hall–Kier alpha value is -1.77. The van der Waals surface area contributed by atoms with Gasteiger partial charge in [0.1, 0.15) is 11.4 Å². The van der Waals surface area contributed by atoms with Crippen molar-refractivity contribution in [2.75, 3.05) is 6.61 Å². The van der Waals surface area contributed by atoms with Crippen LogP contribution in [0.25, 0.3) is 12.2 Å². The molecule has 1 fully saturated rings. The van der Waals surface area contributed by atoms with Gasteiger partial charge in [0.2, 0.25) is 0 Å². The number of hydrogen-bond acceptors (Lipinski definition) is 3. The van der Waals surface area contributed by atoms with Crippen LogP contribution in [0.3, 0.4) is 0 Å². The van der Waals surface area contributed by atoms with Gasteiger partial charge in [-0.2, -0.15) is 0 Å². The fraction of sp³-hybridized carbons (Fsp3) is 0.727. The molecule has 0 aliphatic heterocycles. The van der Waals surface area contributed by atoms with Crippen LogP contribution in [0.2, 0.25) is 0 Å². The van der Waals surface area contributed by atoms with E-state index >= 15 is 0 Å². The molecule has 1 aromatic carbocycles. The number of benzene rings is 1. The number of carbonyl (C=O) groups is 1. The standard InChI is InChI=1S/C33H52O3/c1-9-31(3,4)22-29(32(5,6)10-2)26-17-16-25-21-28(19-18-24(25)20-26)35-23-30(34)36-33(7,8)27-14-12-11-13-15-27/h16,18-21,26-27,29H,9-15,17,22-23H2,1-8H3. The van der Waals surface area contributed by atoms with Crippen molar-refractivity contribution in [2.24, 2.45) is 28.6 Å². The van der Waals surface area contributed by atoms with Gasteiger partial charge in [0.05, 0.1) is 0 Å². The van der Waals surface area contributed by atoms with E-state index in [1.165, 1.54) is 49.0 Å². The summed E-state index contributed by atoms with van der Waals surface area (Å²) in [4.78, 5) is 12.6. The van der Waals surface area contributed by atoms with E-state index in [-0.39, 0.29) is 12.6 Å². The average molecular weight is 497 g/mol. The van der Waals surface area contributed by atoms with Crippen LogP contribution in [-0.4, -0.2) is 18.2 Å². The van der Waals surface area contributed by atoms with Gasteiger partial charge in [0.25, 0.3) is 0 Å². The van der Waals surface area contributed by atoms with Crippen LogP contribution in [0.4, 0.5) is 0 Å². The Labute approximate surface area is 220 Å². The van der Waals surface area contributed by atoms with Crippen molar-refractivity contribution in [1.82, 2.24) is 0 Å². The number of hydrogen-bond donors (Lipinski definition) is 0. The van der Waals surface area contributed by atoms with Gasteiger partial charge in [0, 0.05) is 0 Å². The van der Waals surface area contributed by atoms with Gasteiger partial charge >= 0.3 is 5.97 Å². The molecule has 0 aromatic heterocycles. The first-order valence-corrected chi connectivity index (χ1v) is 14.5. The molecule has 2 aliphatic carbocycles. The number of rotatable bonds is 11. The molecule has 2 atom stereocenters. The zero-order chi connectivity index (χ0) is 26.6. The third kappa shape index (κ3) is 7.39. The summed E-state index contributed by atoms with van der Waals surface area (Å²) in [6, 6.07) is 6.24. The molecule has 2 aliphatic rings. The molecule has 0 amide bonds. The highest BCUT2D eigenvalue weighted by molar-refractivity contribution is 5.71. The fourth-order valence-corrected chi connectivity index (χ4v) is 6.17. The molecular formula is C33H52O3. The summed E-state index contributed by atoms with van der Waals surface area (Å²) in [5.74, 6) is 2.09. The topological polar surface area (TPSA) is 35.5 Å². The molecule has 0 N–H and O–H groups in total. The van der Waals surface area contributed by atoms with Crippen molar-refractivity contribution in [1.29, 1.82) is 0 Å². The Bertz CT molecular complexity index is 994. The Balaban J connectivity index is 1.67. The first-order chi connectivity index (χ1) is 16.9. The highest BCUT2D eigenvalue weighted by Gasteiger charge is 2.37. The number of ether oxygens (including phenoxy) is 2. The Morgan fingerprint density at radius 3 is 2.31 bits per heavy atom. The quantitative estimate of drug-likeness (QED) is 0.299. The van der Waals surface area contributed by atoms with Crippen LogP contribution in [0, 0.1) is 28.6 Å². The third-order valence-electron chi connectivity index (χ3n) is 9.55. The lowest BCUT2D eigenvalue weighted by molar-refractivity contribution is -0.165. The van der Waals surface area contributed by atoms with Crippen molar-refractivity contribution < 1.29 is 14.3 Å². The number of fused-ring (bicyclic) bond motifs is 1. The minimum absolute atomic E-state index is 0.0415. The number of esters is 1. The second-order valence-electron chi connectivity index (χ2n) is 13.4. The van der Waals surface area contributed by atoms with E-state index in [0.29, 0.717) is 28.6 Å². The SMILES string of the molecule is CCC(C)(C)CC(C1C=c2ccc(OCC(=O)OC(C)(C)C3CCCCC3)cc2=CC1)C(C)(C)CC. The van der Waals surface area contributed by atoms with E-state index in [1.54, 1.807) is 0 Å². The normalized spacial score (nSPS) is 20.1. The second-order valence-corrected chi connectivity index (χ2v) is 13.4. The molecule has 3 nitrogen and oxygen atoms in total. The zero-order valence-corrected chi connectivity index (χ0v) is 24.4. The minimum atomic E-state index is -0.427. The molecule has 3 heteroatoms. The fourth-order valence-electron chi connectivity index (χ4n) is 6.17. The molecule has 36 heavy (non-hydrogen) atoms. The van der Waals surface area contributed by atoms with E-state index in [1.807, 2.05) is 6.07 Å². The maximum absolute atomic E-state index is 12.6. The third-order valence-corrected chi connectivity index (χ3v) is 9.55. The van der Waals surface area contributed by atoms with Gasteiger partial charge < -0.3 is 9.47 Å². The predicted molar refractivity (Wildman–Crippen MR) is 151 cm³/mol. The van der Waals surface area contributed by atoms with Crippen LogP contribution in [-0.2, 0) is 9.53 Å². The van der Waals surface area contributed by atoms with Crippen molar-refractivity contribution in [3.8, 4) is 5.75 Å². The van der Waals surface area contributed by atoms with Crippen molar-refractivity contribution in [3.05, 3.63) is 28.6 Å². The van der Waals surface area contributed by atoms with Gasteiger partial charge in [-0.15, -0.1) is 0 Å². The lowest BCUT2D eigenvalue weighted by atomic mass is 9.62. The average Bonchev–Trinajstić information content (AvgIpc) is 2.86. The summed E-state index contributed by atoms with van der Waals surface area (Å²) in [6.07, 6.45) is 15.6. The molecule has 1 saturated carbocycles. The lowest BCUT2D eigenvalue weighted by Crippen LogP contribution is -2.39. The van der Waals surface area contributed by atoms with Gasteiger partial charge in [-0.25, -0.2) is 4.79 Å². The van der Waals surface area contributed by atoms with Gasteiger partial charge in [0.15, 0.2) is 6.61 Å². The van der Waals surface area contributed by atoms with E-state index < -0.39 is 5.60 Å². The highest BCUT2D eigenvalue weighted by atomic mass is 16.6. The molecule has 0 heterocycles. The summed E-state index contributed by atoms with van der Waals surface area (Å²) < 4.78 is 11.8. The largest absolute Gasteiger partial charge is 0.482 e. The van der Waals surface area contributed by atoms with Crippen LogP contribution >= 0.6 is 0 Å². The molecular weight excluding hydrogens is 444 g/mol. The van der Waals surface area contributed by atoms with Gasteiger partial charge in [-0.3, -0.25) is 0 Å². The highest BCUT2D eigenvalue weighted by Crippen LogP contribution is 2.46. The Morgan fingerprint density at radius 1 is 0.972 bits per heavy atom. The minimum Gasteiger partial charge on any atom is -0.482 e. The zero-order valence-electron chi connectivity index (χ0n) is 24.4. The van der Waals surface area contributed by atoms with Crippen LogP contribution < -0.4 is 15.2 Å². The van der Waals surface area contributed by atoms with Gasteiger partial charge in [-0.1, -0.05) is 91.9 Å². The van der Waals surface area contributed by atoms with Crippen molar-refractivity contribution in [3.63, 3.8) is 0 Å². The summed E-state index contributed by atoms with van der Waals surface area (Å²) >= 11 is 0. The summed E-state index contributed by atoms with van der Waals surface area (Å²) in [5, 5.41) is 2.49. The van der Waals surface area contributed by atoms with Crippen LogP contribution in [0.15, 0.2) is 18.2 Å². The predicted octanol–water partition coefficient (Wildman–Crippen LogP) is 7.43. The Morgan fingerprint density at radius 2 is 1.67 bits per heavy atom. The van der Waals surface area contributed by atoms with E-state index in [2.05, 4.69) is 79.7 Å². The summed E-state index contributed by atoms with van der Waals surface area (Å²) in [6.45, 7) is 18.4. The van der Waals surface area contributed by atoms with Crippen molar-refractivity contribution in [2.45, 2.75) is 119 Å². The van der Waals surface area contributed by atoms with E-state index in [9.17, 15) is 4.79 Å². The first-order valence-electron chi connectivity index (χ1n) is 14.5. The van der Waals surface area contributed by atoms with E-state index in [0.717, 1.165) is 25.0 Å². The molecule has 0 spiro atoms. The summed E-state index contributed by atoms with van der Waals surface area (Å²) in [5.41, 5.74) is 0.223. The van der Waals surface area contributed by atoms with Crippen molar-refractivity contribution >= 4 is 18.1 Å². The van der Waals surface area contributed by atoms with E-state index in [4.69, 9.17) is 9.47 Å². The molecule has 0 saturated heterocycles. The maximum atomic E-state index is 12.6. The second kappa shape index (κ2) is 11.7. The van der Waals surface area contributed by atoms with Crippen LogP contribution in [0.1, 0.15) is 113 Å². The molecule has 1 aromatic rings. The molecule has 2 unspecified atom stereocenters. The number of carbonyl (C=O) groups excluding carboxylic acids is 1. The monoisotopic (exact) mass is 496 g/mol. The molecule has 0 bridgehead atoms. The maximum Gasteiger partial charge on any atom is 0.344 e. The molecule has 3 rings (SSSR count).